The minimum Gasteiger partial charge on any atom is -0.384 e. The van der Waals surface area contributed by atoms with Crippen LogP contribution >= 0.6 is 46.3 Å². The van der Waals surface area contributed by atoms with E-state index in [0.717, 1.165) is 0 Å². The molecular weight excluding hydrogens is 587 g/mol. The molecule has 0 spiro atoms. The summed E-state index contributed by atoms with van der Waals surface area (Å²) in [6, 6.07) is 16.5. The number of carbonyl (C=O) groups excluding carboxylic acids is 2. The number of para-hydroxylation sites is 1. The van der Waals surface area contributed by atoms with E-state index in [2.05, 4.69) is 21.6 Å². The number of halogens is 2. The van der Waals surface area contributed by atoms with Crippen LogP contribution in [-0.4, -0.2) is 27.6 Å². The number of nitrogens with zero attached hydrogens (tertiary/aromatic N) is 4. The van der Waals surface area contributed by atoms with E-state index in [1.165, 1.54) is 23.1 Å². The molecule has 2 aliphatic rings. The number of ketones is 1. The van der Waals surface area contributed by atoms with Crippen LogP contribution < -0.4 is 16.0 Å². The van der Waals surface area contributed by atoms with Crippen LogP contribution in [0.3, 0.4) is 0 Å². The van der Waals surface area contributed by atoms with E-state index in [1.54, 1.807) is 23.1 Å². The number of Topliss-reactive ketones (excluding diaryl/α,β-unsaturated/α-hetero) is 1. The predicted octanol–water partition coefficient (Wildman–Crippen LogP) is 6.52. The van der Waals surface area contributed by atoms with Gasteiger partial charge in [0.1, 0.15) is 5.82 Å². The molecule has 0 radical (unpaired) electrons. The summed E-state index contributed by atoms with van der Waals surface area (Å²) in [7, 11) is 0. The fraction of sp³-hybridized carbons (Fsp3) is 0.250. The van der Waals surface area contributed by atoms with Crippen LogP contribution in [0, 0.1) is 16.7 Å². The van der Waals surface area contributed by atoms with Crippen molar-refractivity contribution < 1.29 is 9.59 Å². The Kier molecular flexibility index (Phi) is 7.93. The van der Waals surface area contributed by atoms with E-state index < -0.39 is 5.92 Å². The lowest BCUT2D eigenvalue weighted by Gasteiger charge is -2.42. The summed E-state index contributed by atoms with van der Waals surface area (Å²) in [6.45, 7) is 4.02. The number of aromatic nitrogens is 2. The van der Waals surface area contributed by atoms with E-state index in [1.807, 2.05) is 44.2 Å². The number of nitrogens with two attached hydrogens (primary N) is 1. The Morgan fingerprint density at radius 2 is 1.88 bits per heavy atom. The molecule has 1 aliphatic carbocycles. The van der Waals surface area contributed by atoms with Gasteiger partial charge in [0.05, 0.1) is 23.3 Å². The molecule has 1 aliphatic heterocycles. The van der Waals surface area contributed by atoms with Gasteiger partial charge < -0.3 is 11.1 Å². The minimum absolute atomic E-state index is 0.103. The average molecular weight is 612 g/mol. The molecular formula is C28H24Cl2N6O2S2. The fourth-order valence-electron chi connectivity index (χ4n) is 5.00. The van der Waals surface area contributed by atoms with Crippen molar-refractivity contribution in [1.82, 2.24) is 10.2 Å². The first kappa shape index (κ1) is 28.2. The van der Waals surface area contributed by atoms with Crippen LogP contribution in [-0.2, 0) is 9.59 Å². The van der Waals surface area contributed by atoms with Crippen molar-refractivity contribution in [1.29, 1.82) is 5.26 Å². The summed E-state index contributed by atoms with van der Waals surface area (Å²) in [4.78, 5) is 27.8. The molecule has 3 aromatic rings. The summed E-state index contributed by atoms with van der Waals surface area (Å²) < 4.78 is 0.546. The third kappa shape index (κ3) is 5.47. The highest BCUT2D eigenvalue weighted by Gasteiger charge is 2.46. The number of amides is 1. The number of allylic oxidation sites excluding steroid dienone is 3. The molecule has 0 saturated heterocycles. The first-order valence-corrected chi connectivity index (χ1v) is 14.9. The van der Waals surface area contributed by atoms with Crippen LogP contribution in [0.5, 0.6) is 0 Å². The van der Waals surface area contributed by atoms with Gasteiger partial charge in [-0.05, 0) is 36.1 Å². The number of thioether (sulfide) groups is 1. The van der Waals surface area contributed by atoms with Crippen molar-refractivity contribution >= 4 is 68.8 Å². The van der Waals surface area contributed by atoms with Gasteiger partial charge in [-0.3, -0.25) is 14.5 Å². The normalized spacial score (nSPS) is 18.4. The standard InChI is InChI=1S/C28H24Cl2N6O2S2/c1-28(2)11-19-24(20(37)12-28)22(23-17(29)9-6-10-18(23)30)16(13-31)25(32)36(19)26-34-35-27(40-26)39-14-21(38)33-15-7-4-3-5-8-15/h3-10,22H,11-12,14,32H2,1-2H3,(H,33,38). The van der Waals surface area contributed by atoms with Gasteiger partial charge in [0.15, 0.2) is 10.1 Å². The van der Waals surface area contributed by atoms with Crippen LogP contribution in [0.25, 0.3) is 0 Å². The maximum absolute atomic E-state index is 13.7. The van der Waals surface area contributed by atoms with Crippen molar-refractivity contribution in [3.05, 3.63) is 86.8 Å². The van der Waals surface area contributed by atoms with Gasteiger partial charge in [-0.15, -0.1) is 10.2 Å². The number of hydrogen-bond donors (Lipinski definition) is 2. The molecule has 12 heteroatoms. The first-order valence-electron chi connectivity index (χ1n) is 12.3. The monoisotopic (exact) mass is 610 g/mol. The van der Waals surface area contributed by atoms with Crippen molar-refractivity contribution in [2.75, 3.05) is 16.0 Å². The smallest absolute Gasteiger partial charge is 0.234 e. The lowest BCUT2D eigenvalue weighted by Crippen LogP contribution is -2.42. The molecule has 8 nitrogen and oxygen atoms in total. The molecule has 204 valence electrons. The summed E-state index contributed by atoms with van der Waals surface area (Å²) >= 11 is 15.6. The first-order chi connectivity index (χ1) is 19.1. The lowest BCUT2D eigenvalue weighted by molar-refractivity contribution is -0.118. The third-order valence-electron chi connectivity index (χ3n) is 6.64. The minimum atomic E-state index is -0.801. The SMILES string of the molecule is CC1(C)CC(=O)C2=C(C1)N(c1nnc(SCC(=O)Nc3ccccc3)s1)C(N)=C(C#N)C2c1c(Cl)cccc1Cl. The Labute approximate surface area is 249 Å². The van der Waals surface area contributed by atoms with Gasteiger partial charge >= 0.3 is 0 Å². The van der Waals surface area contributed by atoms with E-state index >= 15 is 0 Å². The Bertz CT molecular complexity index is 1590. The Hall–Kier alpha value is -3.36. The number of benzene rings is 2. The van der Waals surface area contributed by atoms with Gasteiger partial charge in [0, 0.05) is 39.0 Å². The molecule has 3 N–H and O–H groups in total. The Balaban J connectivity index is 1.51. The van der Waals surface area contributed by atoms with Gasteiger partial charge in [-0.1, -0.05) is 84.4 Å². The quantitative estimate of drug-likeness (QED) is 0.302. The zero-order valence-electron chi connectivity index (χ0n) is 21.6. The number of carbonyl (C=O) groups is 2. The van der Waals surface area contributed by atoms with Crippen molar-refractivity contribution in [3.8, 4) is 6.07 Å². The largest absolute Gasteiger partial charge is 0.384 e. The fourth-order valence-corrected chi connectivity index (χ4v) is 7.30. The highest BCUT2D eigenvalue weighted by atomic mass is 35.5. The van der Waals surface area contributed by atoms with E-state index in [-0.39, 0.29) is 34.3 Å². The highest BCUT2D eigenvalue weighted by Crippen LogP contribution is 2.52. The molecule has 1 atom stereocenters. The number of rotatable bonds is 6. The topological polar surface area (TPSA) is 125 Å². The average Bonchev–Trinajstić information content (AvgIpc) is 3.35. The summed E-state index contributed by atoms with van der Waals surface area (Å²) in [5, 5.41) is 22.8. The summed E-state index contributed by atoms with van der Waals surface area (Å²) in [5.41, 5.74) is 8.74. The van der Waals surface area contributed by atoms with Crippen LogP contribution in [0.15, 0.2) is 75.5 Å². The van der Waals surface area contributed by atoms with Gasteiger partial charge in [0.25, 0.3) is 0 Å². The predicted molar refractivity (Wildman–Crippen MR) is 159 cm³/mol. The van der Waals surface area contributed by atoms with Crippen molar-refractivity contribution in [2.24, 2.45) is 11.1 Å². The number of nitriles is 1. The third-order valence-corrected chi connectivity index (χ3v) is 9.34. The Morgan fingerprint density at radius 3 is 2.55 bits per heavy atom. The van der Waals surface area contributed by atoms with E-state index in [0.29, 0.717) is 54.9 Å². The van der Waals surface area contributed by atoms with Crippen LogP contribution in [0.4, 0.5) is 10.8 Å². The molecule has 2 aromatic carbocycles. The zero-order valence-corrected chi connectivity index (χ0v) is 24.7. The second-order valence-corrected chi connectivity index (χ2v) is 13.2. The molecule has 2 heterocycles. The molecule has 1 unspecified atom stereocenters. The van der Waals surface area contributed by atoms with Crippen molar-refractivity contribution in [3.63, 3.8) is 0 Å². The number of nitrogens with one attached hydrogen (secondary N) is 1. The molecule has 0 bridgehead atoms. The molecule has 1 amide bonds. The molecule has 5 rings (SSSR count). The molecule has 40 heavy (non-hydrogen) atoms. The maximum Gasteiger partial charge on any atom is 0.234 e. The second-order valence-electron chi connectivity index (χ2n) is 10.2. The van der Waals surface area contributed by atoms with E-state index in [9.17, 15) is 14.9 Å². The highest BCUT2D eigenvalue weighted by molar-refractivity contribution is 8.01. The van der Waals surface area contributed by atoms with Crippen LogP contribution in [0.2, 0.25) is 10.0 Å². The summed E-state index contributed by atoms with van der Waals surface area (Å²) in [6.07, 6.45) is 0.804. The van der Waals surface area contributed by atoms with E-state index in [4.69, 9.17) is 28.9 Å². The van der Waals surface area contributed by atoms with Gasteiger partial charge in [-0.2, -0.15) is 5.26 Å². The van der Waals surface area contributed by atoms with Gasteiger partial charge in [0.2, 0.25) is 11.0 Å². The maximum atomic E-state index is 13.7. The van der Waals surface area contributed by atoms with Crippen LogP contribution in [0.1, 0.15) is 38.2 Å². The molecule has 1 aromatic heterocycles. The number of anilines is 2. The molecule has 0 saturated carbocycles. The summed E-state index contributed by atoms with van der Waals surface area (Å²) in [5.74, 6) is -0.813. The second kappa shape index (κ2) is 11.3. The Morgan fingerprint density at radius 1 is 1.18 bits per heavy atom. The molecule has 0 fully saturated rings. The zero-order chi connectivity index (χ0) is 28.6. The lowest BCUT2D eigenvalue weighted by atomic mass is 9.68. The number of hydrogen-bond acceptors (Lipinski definition) is 9. The van der Waals surface area contributed by atoms with Gasteiger partial charge in [-0.25, -0.2) is 0 Å². The van der Waals surface area contributed by atoms with Crippen molar-refractivity contribution in [2.45, 2.75) is 36.9 Å².